The molecule has 3 saturated carbocycles. The molecule has 67 heavy (non-hydrogen) atoms. The summed E-state index contributed by atoms with van der Waals surface area (Å²) in [4.78, 5) is 0. The summed E-state index contributed by atoms with van der Waals surface area (Å²) in [7, 11) is 0. The molecule has 0 radical (unpaired) electrons. The largest absolute Gasteiger partial charge is 0.456 e. The lowest BCUT2D eigenvalue weighted by atomic mass is 9.54. The fraction of sp³-hybridized carbons (Fsp3) is 0.156. The number of aromatic nitrogens is 2. The molecule has 3 aromatic heterocycles. The number of hydrogen-bond donors (Lipinski definition) is 0. The highest BCUT2D eigenvalue weighted by molar-refractivity contribution is 6.13. The van der Waals surface area contributed by atoms with E-state index in [-0.39, 0.29) is 5.41 Å². The lowest BCUT2D eigenvalue weighted by Crippen LogP contribution is -2.44. The lowest BCUT2D eigenvalue weighted by Gasteiger charge is -2.48. The number of rotatable bonds is 4. The molecule has 3 heteroatoms. The normalized spacial score (nSPS) is 22.4. The first-order chi connectivity index (χ1) is 33.0. The zero-order chi connectivity index (χ0) is 43.8. The van der Waals surface area contributed by atoms with Gasteiger partial charge in [0.2, 0.25) is 0 Å². The van der Waals surface area contributed by atoms with Crippen molar-refractivity contribution in [3.05, 3.63) is 205 Å². The third-order valence-electron chi connectivity index (χ3n) is 17.6. The van der Waals surface area contributed by atoms with Gasteiger partial charge in [0.15, 0.2) is 0 Å². The second-order valence-electron chi connectivity index (χ2n) is 20.7. The van der Waals surface area contributed by atoms with Crippen LogP contribution in [0.4, 0.5) is 0 Å². The minimum Gasteiger partial charge on any atom is -0.456 e. The van der Waals surface area contributed by atoms with Crippen molar-refractivity contribution in [3.63, 3.8) is 0 Å². The van der Waals surface area contributed by atoms with E-state index in [1.54, 1.807) is 11.1 Å². The van der Waals surface area contributed by atoms with Crippen LogP contribution < -0.4 is 0 Å². The molecule has 4 aliphatic carbocycles. The van der Waals surface area contributed by atoms with Gasteiger partial charge in [-0.25, -0.2) is 0 Å². The predicted molar refractivity (Wildman–Crippen MR) is 277 cm³/mol. The van der Waals surface area contributed by atoms with E-state index < -0.39 is 0 Å². The van der Waals surface area contributed by atoms with Gasteiger partial charge in [-0.3, -0.25) is 0 Å². The lowest BCUT2D eigenvalue weighted by molar-refractivity contribution is 0.130. The van der Waals surface area contributed by atoms with Gasteiger partial charge in [0.25, 0.3) is 0 Å². The van der Waals surface area contributed by atoms with Crippen LogP contribution in [0.1, 0.15) is 43.7 Å². The van der Waals surface area contributed by atoms with Gasteiger partial charge in [-0.15, -0.1) is 0 Å². The van der Waals surface area contributed by atoms with Gasteiger partial charge in [0.05, 0.1) is 22.1 Å². The average Bonchev–Trinajstić information content (AvgIpc) is 3.83. The van der Waals surface area contributed by atoms with Crippen LogP contribution in [0.2, 0.25) is 0 Å². The molecule has 9 aromatic carbocycles. The third kappa shape index (κ3) is 4.76. The van der Waals surface area contributed by atoms with Crippen LogP contribution in [-0.4, -0.2) is 9.13 Å². The third-order valence-corrected chi connectivity index (χ3v) is 17.6. The Morgan fingerprint density at radius 3 is 1.72 bits per heavy atom. The molecule has 3 heterocycles. The fourth-order valence-corrected chi connectivity index (χ4v) is 14.8. The summed E-state index contributed by atoms with van der Waals surface area (Å²) in [5, 5.41) is 7.30. The van der Waals surface area contributed by atoms with Crippen LogP contribution in [0.3, 0.4) is 0 Å². The Morgan fingerprint density at radius 1 is 0.403 bits per heavy atom. The first-order valence-corrected chi connectivity index (χ1v) is 24.4. The van der Waals surface area contributed by atoms with Crippen LogP contribution >= 0.6 is 0 Å². The Kier molecular flexibility index (Phi) is 7.01. The quantitative estimate of drug-likeness (QED) is 0.173. The Hall–Kier alpha value is -7.62. The van der Waals surface area contributed by atoms with Gasteiger partial charge in [-0.05, 0) is 166 Å². The van der Waals surface area contributed by atoms with Crippen molar-refractivity contribution in [3.8, 4) is 44.8 Å². The van der Waals surface area contributed by atoms with Gasteiger partial charge in [0, 0.05) is 49.1 Å². The zero-order valence-electron chi connectivity index (χ0n) is 37.3. The maximum Gasteiger partial charge on any atom is 0.135 e. The van der Waals surface area contributed by atoms with Gasteiger partial charge >= 0.3 is 0 Å². The van der Waals surface area contributed by atoms with Gasteiger partial charge in [0.1, 0.15) is 11.2 Å². The number of benzene rings is 9. The number of nitrogens with zero attached hydrogens (tertiary/aromatic N) is 2. The summed E-state index contributed by atoms with van der Waals surface area (Å²) >= 11 is 0. The summed E-state index contributed by atoms with van der Waals surface area (Å²) < 4.78 is 11.5. The molecule has 2 spiro atoms. The molecule has 0 amide bonds. The highest BCUT2D eigenvalue weighted by Gasteiger charge is 2.70. The summed E-state index contributed by atoms with van der Waals surface area (Å²) in [6, 6.07) is 72.7. The van der Waals surface area contributed by atoms with Crippen LogP contribution in [0.5, 0.6) is 0 Å². The molecule has 0 saturated heterocycles. The summed E-state index contributed by atoms with van der Waals surface area (Å²) in [5.41, 5.74) is 20.7. The Morgan fingerprint density at radius 2 is 0.955 bits per heavy atom. The van der Waals surface area contributed by atoms with Crippen molar-refractivity contribution in [2.45, 2.75) is 38.0 Å². The molecule has 3 fully saturated rings. The molecule has 16 rings (SSSR count). The Balaban J connectivity index is 0.838. The second-order valence-corrected chi connectivity index (χ2v) is 20.7. The molecule has 3 nitrogen and oxygen atoms in total. The molecule has 12 aromatic rings. The van der Waals surface area contributed by atoms with Crippen molar-refractivity contribution in [2.24, 2.45) is 23.2 Å². The standard InChI is InChI=1S/C64H46N2O/c1-38-35-63-36-43(63)33-44(37-63)64(38)55-16-8-5-13-47(55)48-24-19-40(30-56(48)64)39-22-27-61-53(29-39)54-34-46(23-28-62(54)67-61)66-58-18-10-7-15-50(58)52-26-21-42(32-60(52)66)41-20-25-51-49-14-6-9-17-57(49)65(59(51)31-41)45-11-3-2-4-12-45/h2-32,34,38,43-44H,33,35-37H2,1H3. The SMILES string of the molecule is CC1CC23CC2CC(C3)C12c1ccccc1-c1ccc(-c3ccc4oc5ccc(-n6c7ccccc7c7ccc(-c8ccc9c%10ccccc%10n(-c%10ccccc%10)c9c8)cc76)cc5c4c3)cc12. The molecular weight excluding hydrogens is 813 g/mol. The maximum absolute atomic E-state index is 6.62. The molecule has 5 atom stereocenters. The maximum atomic E-state index is 6.62. The van der Waals surface area contributed by atoms with Crippen molar-refractivity contribution < 1.29 is 4.42 Å². The predicted octanol–water partition coefficient (Wildman–Crippen LogP) is 16.8. The number of fused-ring (bicyclic) bond motifs is 16. The van der Waals surface area contributed by atoms with E-state index >= 15 is 0 Å². The van der Waals surface area contributed by atoms with E-state index in [0.29, 0.717) is 11.3 Å². The minimum atomic E-state index is 0.0963. The molecule has 2 bridgehead atoms. The molecule has 5 unspecified atom stereocenters. The first kappa shape index (κ1) is 36.6. The van der Waals surface area contributed by atoms with Crippen molar-refractivity contribution in [2.75, 3.05) is 0 Å². The van der Waals surface area contributed by atoms with E-state index in [9.17, 15) is 0 Å². The van der Waals surface area contributed by atoms with Gasteiger partial charge in [-0.1, -0.05) is 128 Å². The van der Waals surface area contributed by atoms with E-state index in [1.807, 2.05) is 0 Å². The molecule has 0 aliphatic heterocycles. The average molecular weight is 859 g/mol. The van der Waals surface area contributed by atoms with E-state index in [1.165, 1.54) is 108 Å². The number of furan rings is 1. The molecule has 0 N–H and O–H groups in total. The topological polar surface area (TPSA) is 23.0 Å². The highest BCUT2D eigenvalue weighted by Crippen LogP contribution is 2.78. The fourth-order valence-electron chi connectivity index (χ4n) is 14.8. The number of para-hydroxylation sites is 3. The van der Waals surface area contributed by atoms with E-state index in [0.717, 1.165) is 39.5 Å². The molecular formula is C64H46N2O. The van der Waals surface area contributed by atoms with E-state index in [2.05, 4.69) is 210 Å². The van der Waals surface area contributed by atoms with E-state index in [4.69, 9.17) is 4.42 Å². The van der Waals surface area contributed by atoms with Crippen LogP contribution in [-0.2, 0) is 5.41 Å². The first-order valence-electron chi connectivity index (χ1n) is 24.4. The van der Waals surface area contributed by atoms with Crippen molar-refractivity contribution in [1.29, 1.82) is 0 Å². The van der Waals surface area contributed by atoms with Gasteiger partial charge < -0.3 is 13.6 Å². The van der Waals surface area contributed by atoms with Crippen LogP contribution in [0, 0.1) is 23.2 Å². The highest BCUT2D eigenvalue weighted by atomic mass is 16.3. The zero-order valence-corrected chi connectivity index (χ0v) is 37.3. The molecule has 4 aliphatic rings. The van der Waals surface area contributed by atoms with Crippen molar-refractivity contribution >= 4 is 65.6 Å². The van der Waals surface area contributed by atoms with Crippen LogP contribution in [0.15, 0.2) is 199 Å². The monoisotopic (exact) mass is 858 g/mol. The minimum absolute atomic E-state index is 0.0963. The van der Waals surface area contributed by atoms with Crippen LogP contribution in [0.25, 0.3) is 110 Å². The molecule has 318 valence electrons. The Bertz CT molecular complexity index is 4110. The smallest absolute Gasteiger partial charge is 0.135 e. The van der Waals surface area contributed by atoms with Crippen molar-refractivity contribution in [1.82, 2.24) is 9.13 Å². The Labute approximate surface area is 388 Å². The summed E-state index contributed by atoms with van der Waals surface area (Å²) in [6.45, 7) is 2.58. The van der Waals surface area contributed by atoms with Gasteiger partial charge in [-0.2, -0.15) is 0 Å². The second kappa shape index (κ2) is 12.8. The summed E-state index contributed by atoms with van der Waals surface area (Å²) in [5.74, 6) is 2.29. The summed E-state index contributed by atoms with van der Waals surface area (Å²) in [6.07, 6.45) is 5.63. The number of hydrogen-bond acceptors (Lipinski definition) is 1.